The van der Waals surface area contributed by atoms with Gasteiger partial charge in [0.2, 0.25) is 5.89 Å². The monoisotopic (exact) mass is 463 g/mol. The third-order valence-electron chi connectivity index (χ3n) is 5.87. The molecule has 0 aliphatic carbocycles. The summed E-state index contributed by atoms with van der Waals surface area (Å²) in [5.74, 6) is -0.238. The molecule has 174 valence electrons. The highest BCUT2D eigenvalue weighted by molar-refractivity contribution is 5.91. The molecule has 1 fully saturated rings. The number of likely N-dealkylation sites (tertiary alicyclic amines) is 1. The number of nitrogens with zero attached hydrogens (tertiary/aromatic N) is 2. The number of oxazole rings is 1. The second kappa shape index (κ2) is 9.13. The van der Waals surface area contributed by atoms with E-state index in [2.05, 4.69) is 10.3 Å². The van der Waals surface area contributed by atoms with Gasteiger partial charge < -0.3 is 19.4 Å². The van der Waals surface area contributed by atoms with Crippen LogP contribution in [0.2, 0.25) is 0 Å². The van der Waals surface area contributed by atoms with E-state index in [-0.39, 0.29) is 17.6 Å². The lowest BCUT2D eigenvalue weighted by Gasteiger charge is -2.23. The van der Waals surface area contributed by atoms with Crippen molar-refractivity contribution in [2.45, 2.75) is 25.8 Å². The molecule has 0 spiro atoms. The van der Waals surface area contributed by atoms with Crippen LogP contribution in [0.1, 0.15) is 31.7 Å². The van der Waals surface area contributed by atoms with Crippen molar-refractivity contribution >= 4 is 22.8 Å². The number of carbonyl (C=O) groups excluding carboxylic acids is 1. The van der Waals surface area contributed by atoms with Gasteiger partial charge in [0.25, 0.3) is 0 Å². The molecule has 2 heterocycles. The van der Waals surface area contributed by atoms with Gasteiger partial charge in [-0.2, -0.15) is 0 Å². The predicted molar refractivity (Wildman–Crippen MR) is 125 cm³/mol. The van der Waals surface area contributed by atoms with Gasteiger partial charge in [-0.25, -0.2) is 18.6 Å². The molecule has 4 aromatic rings. The summed E-state index contributed by atoms with van der Waals surface area (Å²) in [5, 5.41) is 2.93. The molecule has 6 nitrogen and oxygen atoms in total. The Balaban J connectivity index is 1.40. The number of para-hydroxylation sites is 2. The van der Waals surface area contributed by atoms with Crippen LogP contribution in [0.25, 0.3) is 22.2 Å². The molecule has 1 N–H and O–H groups in total. The van der Waals surface area contributed by atoms with Gasteiger partial charge in [0.1, 0.15) is 28.9 Å². The smallest absolute Gasteiger partial charge is 0.322 e. The largest absolute Gasteiger partial charge is 0.492 e. The lowest BCUT2D eigenvalue weighted by molar-refractivity contribution is 0.198. The van der Waals surface area contributed by atoms with E-state index in [1.54, 1.807) is 29.2 Å². The molecule has 0 radical (unpaired) electrons. The van der Waals surface area contributed by atoms with E-state index in [4.69, 9.17) is 9.15 Å². The van der Waals surface area contributed by atoms with Crippen molar-refractivity contribution in [1.82, 2.24) is 9.88 Å². The first-order valence-electron chi connectivity index (χ1n) is 11.2. The molecular weight excluding hydrogens is 440 g/mol. The van der Waals surface area contributed by atoms with E-state index in [1.165, 1.54) is 12.1 Å². The number of urea groups is 1. The summed E-state index contributed by atoms with van der Waals surface area (Å²) in [6.07, 6.45) is 1.53. The summed E-state index contributed by atoms with van der Waals surface area (Å²) in [4.78, 5) is 19.4. The minimum atomic E-state index is -0.644. The van der Waals surface area contributed by atoms with Gasteiger partial charge >= 0.3 is 6.03 Å². The zero-order chi connectivity index (χ0) is 23.7. The van der Waals surface area contributed by atoms with Crippen molar-refractivity contribution in [2.24, 2.45) is 0 Å². The first kappa shape index (κ1) is 21.9. The Morgan fingerprint density at radius 2 is 2.03 bits per heavy atom. The number of fused-ring (bicyclic) bond motifs is 1. The third-order valence-corrected chi connectivity index (χ3v) is 5.87. The molecule has 1 atom stereocenters. The number of anilines is 1. The van der Waals surface area contributed by atoms with Crippen LogP contribution in [-0.2, 0) is 0 Å². The minimum Gasteiger partial charge on any atom is -0.492 e. The summed E-state index contributed by atoms with van der Waals surface area (Å²) in [6.45, 7) is 2.95. The van der Waals surface area contributed by atoms with Crippen LogP contribution in [-0.4, -0.2) is 29.1 Å². The molecule has 5 rings (SSSR count). The maximum atomic E-state index is 14.2. The average Bonchev–Trinajstić information content (AvgIpc) is 3.47. The Morgan fingerprint density at radius 3 is 2.85 bits per heavy atom. The Hall–Kier alpha value is -3.94. The zero-order valence-corrected chi connectivity index (χ0v) is 18.6. The molecule has 2 amide bonds. The Labute approximate surface area is 195 Å². The standard InChI is InChI=1S/C26H23F2N3O3/c1-2-33-23-8-4-3-6-20(23)30-26(32)31-13-5-7-22(31)25-29-21-14-16(9-12-24(21)34-25)18-11-10-17(27)15-19(18)28/h3-4,6,8-12,14-15,22H,2,5,7,13H2,1H3,(H,30,32). The van der Waals surface area contributed by atoms with Gasteiger partial charge in [-0.05, 0) is 61.7 Å². The van der Waals surface area contributed by atoms with Crippen molar-refractivity contribution in [2.75, 3.05) is 18.5 Å². The van der Waals surface area contributed by atoms with E-state index in [0.717, 1.165) is 12.5 Å². The number of amides is 2. The lowest BCUT2D eigenvalue weighted by Crippen LogP contribution is -2.34. The number of benzene rings is 3. The highest BCUT2D eigenvalue weighted by atomic mass is 19.1. The van der Waals surface area contributed by atoms with E-state index >= 15 is 0 Å². The van der Waals surface area contributed by atoms with Crippen LogP contribution >= 0.6 is 0 Å². The summed E-state index contributed by atoms with van der Waals surface area (Å²) >= 11 is 0. The number of aromatic nitrogens is 1. The predicted octanol–water partition coefficient (Wildman–Crippen LogP) is 6.54. The van der Waals surface area contributed by atoms with Crippen LogP contribution in [0.3, 0.4) is 0 Å². The van der Waals surface area contributed by atoms with Crippen LogP contribution in [0.15, 0.2) is 65.1 Å². The number of nitrogens with one attached hydrogen (secondary N) is 1. The fourth-order valence-electron chi connectivity index (χ4n) is 4.28. The van der Waals surface area contributed by atoms with Crippen LogP contribution in [0.4, 0.5) is 19.3 Å². The summed E-state index contributed by atoms with van der Waals surface area (Å²) < 4.78 is 39.1. The zero-order valence-electron chi connectivity index (χ0n) is 18.6. The molecule has 0 saturated carbocycles. The number of ether oxygens (including phenoxy) is 1. The molecule has 34 heavy (non-hydrogen) atoms. The number of carbonyl (C=O) groups is 1. The molecule has 1 aliphatic heterocycles. The maximum absolute atomic E-state index is 14.2. The van der Waals surface area contributed by atoms with E-state index in [9.17, 15) is 13.6 Å². The van der Waals surface area contributed by atoms with Crippen molar-refractivity contribution < 1.29 is 22.7 Å². The number of rotatable bonds is 5. The van der Waals surface area contributed by atoms with Gasteiger partial charge in [-0.15, -0.1) is 0 Å². The van der Waals surface area contributed by atoms with Gasteiger partial charge in [0, 0.05) is 18.2 Å². The molecule has 8 heteroatoms. The molecule has 1 unspecified atom stereocenters. The first-order valence-corrected chi connectivity index (χ1v) is 11.2. The van der Waals surface area contributed by atoms with E-state index < -0.39 is 11.6 Å². The van der Waals surface area contributed by atoms with E-state index in [0.29, 0.717) is 53.6 Å². The quantitative estimate of drug-likeness (QED) is 0.365. The molecule has 1 aliphatic rings. The Bertz CT molecular complexity index is 1350. The lowest BCUT2D eigenvalue weighted by atomic mass is 10.0. The fourth-order valence-corrected chi connectivity index (χ4v) is 4.28. The first-order chi connectivity index (χ1) is 16.5. The number of hydrogen-bond acceptors (Lipinski definition) is 4. The Kier molecular flexibility index (Phi) is 5.88. The second-order valence-corrected chi connectivity index (χ2v) is 8.07. The van der Waals surface area contributed by atoms with Crippen molar-refractivity contribution in [3.63, 3.8) is 0 Å². The van der Waals surface area contributed by atoms with Crippen LogP contribution in [0.5, 0.6) is 5.75 Å². The Morgan fingerprint density at radius 1 is 1.18 bits per heavy atom. The minimum absolute atomic E-state index is 0.258. The highest BCUT2D eigenvalue weighted by Gasteiger charge is 2.34. The highest BCUT2D eigenvalue weighted by Crippen LogP contribution is 2.35. The molecule has 3 aromatic carbocycles. The fraction of sp³-hybridized carbons (Fsp3) is 0.231. The number of hydrogen-bond donors (Lipinski definition) is 1. The second-order valence-electron chi connectivity index (χ2n) is 8.07. The van der Waals surface area contributed by atoms with E-state index in [1.807, 2.05) is 25.1 Å². The SMILES string of the molecule is CCOc1ccccc1NC(=O)N1CCCC1c1nc2cc(-c3ccc(F)cc3F)ccc2o1. The van der Waals surface area contributed by atoms with Gasteiger partial charge in [-0.3, -0.25) is 0 Å². The average molecular weight is 463 g/mol. The summed E-state index contributed by atoms with van der Waals surface area (Å²) in [7, 11) is 0. The summed E-state index contributed by atoms with van der Waals surface area (Å²) in [5.41, 5.74) is 2.53. The molecule has 1 aromatic heterocycles. The van der Waals surface area contributed by atoms with Gasteiger partial charge in [0.05, 0.1) is 12.3 Å². The van der Waals surface area contributed by atoms with Crippen molar-refractivity contribution in [3.8, 4) is 16.9 Å². The molecule has 0 bridgehead atoms. The normalized spacial score (nSPS) is 15.6. The number of halogens is 2. The van der Waals surface area contributed by atoms with Crippen molar-refractivity contribution in [1.29, 1.82) is 0 Å². The summed E-state index contributed by atoms with van der Waals surface area (Å²) in [6, 6.07) is 15.3. The van der Waals surface area contributed by atoms with Crippen molar-refractivity contribution in [3.05, 3.63) is 78.2 Å². The van der Waals surface area contributed by atoms with Gasteiger partial charge in [-0.1, -0.05) is 18.2 Å². The molecular formula is C26H23F2N3O3. The third kappa shape index (κ3) is 4.19. The molecule has 1 saturated heterocycles. The van der Waals surface area contributed by atoms with Gasteiger partial charge in [0.15, 0.2) is 5.58 Å². The van der Waals surface area contributed by atoms with Crippen LogP contribution in [0, 0.1) is 11.6 Å². The maximum Gasteiger partial charge on any atom is 0.322 e. The van der Waals surface area contributed by atoms with Crippen LogP contribution < -0.4 is 10.1 Å². The topological polar surface area (TPSA) is 67.6 Å².